The summed E-state index contributed by atoms with van der Waals surface area (Å²) in [4.78, 5) is 2.45. The minimum Gasteiger partial charge on any atom is -0.368 e. The minimum absolute atomic E-state index is 0.265. The molecule has 0 bridgehead atoms. The lowest BCUT2D eigenvalue weighted by atomic mass is 9.77. The molecule has 7 rings (SSSR count). The van der Waals surface area contributed by atoms with Gasteiger partial charge in [0.2, 0.25) is 0 Å². The zero-order valence-electron chi connectivity index (χ0n) is 25.2. The summed E-state index contributed by atoms with van der Waals surface area (Å²) in [5, 5.41) is 0. The van der Waals surface area contributed by atoms with Crippen molar-refractivity contribution >= 4 is 37.6 Å². The number of allylic oxidation sites excluding steroid dienone is 2. The summed E-state index contributed by atoms with van der Waals surface area (Å²) >= 11 is 0. The van der Waals surface area contributed by atoms with Crippen molar-refractivity contribution in [3.05, 3.63) is 175 Å². The van der Waals surface area contributed by atoms with Gasteiger partial charge in [0.25, 0.3) is 0 Å². The third kappa shape index (κ3) is 5.49. The number of fused-ring (bicyclic) bond motifs is 1. The van der Waals surface area contributed by atoms with E-state index in [9.17, 15) is 0 Å². The summed E-state index contributed by atoms with van der Waals surface area (Å²) in [6, 6.07) is 54.3. The smallest absolute Gasteiger partial charge is 0.307 e. The van der Waals surface area contributed by atoms with Gasteiger partial charge in [-0.25, -0.2) is 0 Å². The first-order valence-corrected chi connectivity index (χ1v) is 17.2. The van der Waals surface area contributed by atoms with E-state index in [1.807, 2.05) is 0 Å². The van der Waals surface area contributed by atoms with E-state index in [2.05, 4.69) is 191 Å². The molecule has 5 aromatic rings. The first-order chi connectivity index (χ1) is 21.8. The fourth-order valence-electron chi connectivity index (χ4n) is 6.95. The van der Waals surface area contributed by atoms with Crippen LogP contribution in [0.25, 0.3) is 0 Å². The fourth-order valence-corrected chi connectivity index (χ4v) is 9.99. The van der Waals surface area contributed by atoms with Gasteiger partial charge in [-0.15, -0.1) is 0 Å². The average Bonchev–Trinajstić information content (AvgIpc) is 3.44. The van der Waals surface area contributed by atoms with Gasteiger partial charge < -0.3 is 14.0 Å². The number of anilines is 5. The third-order valence-electron chi connectivity index (χ3n) is 9.04. The van der Waals surface area contributed by atoms with E-state index in [1.165, 1.54) is 34.0 Å². The van der Waals surface area contributed by atoms with Crippen LogP contribution in [0.3, 0.4) is 0 Å². The summed E-state index contributed by atoms with van der Waals surface area (Å²) in [5.74, 6) is 0.708. The predicted octanol–water partition coefficient (Wildman–Crippen LogP) is 9.89. The lowest BCUT2D eigenvalue weighted by Gasteiger charge is -2.39. The first kappa shape index (κ1) is 28.0. The topological polar surface area (TPSA) is 9.72 Å². The van der Waals surface area contributed by atoms with Gasteiger partial charge in [0.05, 0.1) is 17.4 Å². The number of hydrogen-bond acceptors (Lipinski definition) is 3. The highest BCUT2D eigenvalue weighted by atomic mass is 28.3. The Morgan fingerprint density at radius 1 is 0.591 bits per heavy atom. The molecule has 0 saturated carbocycles. The third-order valence-corrected chi connectivity index (χ3v) is 11.8. The second kappa shape index (κ2) is 12.8. The Labute approximate surface area is 263 Å². The lowest BCUT2D eigenvalue weighted by molar-refractivity contribution is 0.437. The van der Waals surface area contributed by atoms with Crippen molar-refractivity contribution in [2.45, 2.75) is 24.4 Å². The van der Waals surface area contributed by atoms with Crippen LogP contribution in [-0.4, -0.2) is 22.2 Å². The molecular formula is C40H38N3Si. The van der Waals surface area contributed by atoms with Gasteiger partial charge in [0.15, 0.2) is 0 Å². The van der Waals surface area contributed by atoms with E-state index < -0.39 is 9.12 Å². The quantitative estimate of drug-likeness (QED) is 0.159. The SMILES string of the molecule is CN(c1ccccc1)C1C=CC=CC1C(CC[Si]1N(c2ccccc2)c2ccccc2N1c1ccccc1)c1ccccc1. The van der Waals surface area contributed by atoms with Gasteiger partial charge in [0.1, 0.15) is 0 Å². The zero-order valence-corrected chi connectivity index (χ0v) is 26.2. The van der Waals surface area contributed by atoms with Gasteiger partial charge in [-0.2, -0.15) is 0 Å². The van der Waals surface area contributed by atoms with Gasteiger partial charge in [-0.1, -0.05) is 121 Å². The van der Waals surface area contributed by atoms with Crippen LogP contribution < -0.4 is 14.0 Å². The molecule has 44 heavy (non-hydrogen) atoms. The van der Waals surface area contributed by atoms with E-state index in [4.69, 9.17) is 0 Å². The van der Waals surface area contributed by atoms with Crippen LogP contribution in [0.2, 0.25) is 6.04 Å². The predicted molar refractivity (Wildman–Crippen MR) is 188 cm³/mol. The molecule has 1 aliphatic carbocycles. The van der Waals surface area contributed by atoms with Crippen molar-refractivity contribution < 1.29 is 0 Å². The number of benzene rings is 5. The van der Waals surface area contributed by atoms with Gasteiger partial charge in [-0.05, 0) is 72.5 Å². The van der Waals surface area contributed by atoms with Crippen molar-refractivity contribution in [1.82, 2.24) is 0 Å². The molecule has 0 fully saturated rings. The normalized spacial score (nSPS) is 18.3. The highest BCUT2D eigenvalue weighted by Gasteiger charge is 2.42. The Balaban J connectivity index is 1.27. The standard InChI is InChI=1S/C40H38N3Si/c1-41(33-20-8-3-9-21-33)38-27-15-14-26-37(38)36(32-18-6-2-7-19-32)30-31-44-42(34-22-10-4-11-23-34)39-28-16-17-29-40(39)43(44)35-24-12-5-13-25-35/h2-29,36-38H,30-31H2,1H3. The highest BCUT2D eigenvalue weighted by Crippen LogP contribution is 2.48. The summed E-state index contributed by atoms with van der Waals surface area (Å²) in [6.45, 7) is 0. The van der Waals surface area contributed by atoms with Crippen LogP contribution in [0.5, 0.6) is 0 Å². The molecule has 0 N–H and O–H groups in total. The Kier molecular flexibility index (Phi) is 8.16. The van der Waals surface area contributed by atoms with Crippen LogP contribution in [0.15, 0.2) is 170 Å². The molecule has 5 aromatic carbocycles. The summed E-state index contributed by atoms with van der Waals surface area (Å²) in [5.41, 5.74) is 7.80. The molecule has 3 nitrogen and oxygen atoms in total. The molecular weight excluding hydrogens is 551 g/mol. The number of nitrogens with zero attached hydrogens (tertiary/aromatic N) is 3. The maximum Gasteiger partial charge on any atom is 0.307 e. The van der Waals surface area contributed by atoms with Crippen molar-refractivity contribution in [3.63, 3.8) is 0 Å². The zero-order chi connectivity index (χ0) is 29.7. The molecule has 4 heteroatoms. The second-order valence-electron chi connectivity index (χ2n) is 11.6. The number of rotatable bonds is 9. The molecule has 0 aromatic heterocycles. The largest absolute Gasteiger partial charge is 0.368 e. The second-order valence-corrected chi connectivity index (χ2v) is 13.8. The van der Waals surface area contributed by atoms with Crippen molar-refractivity contribution in [3.8, 4) is 0 Å². The van der Waals surface area contributed by atoms with Crippen LogP contribution in [0.1, 0.15) is 17.9 Å². The first-order valence-electron chi connectivity index (χ1n) is 15.6. The Hall–Kier alpha value is -4.80. The molecule has 1 radical (unpaired) electrons. The molecule has 3 atom stereocenters. The van der Waals surface area contributed by atoms with Gasteiger partial charge in [0, 0.05) is 30.0 Å². The minimum atomic E-state index is -1.27. The maximum absolute atomic E-state index is 2.65. The van der Waals surface area contributed by atoms with E-state index in [-0.39, 0.29) is 6.04 Å². The average molecular weight is 589 g/mol. The molecule has 0 saturated heterocycles. The maximum atomic E-state index is 2.65. The molecule has 217 valence electrons. The van der Waals surface area contributed by atoms with E-state index >= 15 is 0 Å². The van der Waals surface area contributed by atoms with Crippen LogP contribution in [0.4, 0.5) is 28.4 Å². The molecule has 1 aliphatic heterocycles. The Morgan fingerprint density at radius 3 is 1.64 bits per heavy atom. The van der Waals surface area contributed by atoms with Crippen molar-refractivity contribution in [1.29, 1.82) is 0 Å². The number of hydrogen-bond donors (Lipinski definition) is 0. The van der Waals surface area contributed by atoms with Crippen LogP contribution in [0, 0.1) is 5.92 Å². The van der Waals surface area contributed by atoms with Crippen LogP contribution in [-0.2, 0) is 0 Å². The van der Waals surface area contributed by atoms with Gasteiger partial charge in [-0.3, -0.25) is 0 Å². The molecule has 3 unspecified atom stereocenters. The molecule has 0 spiro atoms. The summed E-state index contributed by atoms with van der Waals surface area (Å²) < 4.78 is 5.30. The molecule has 0 amide bonds. The lowest BCUT2D eigenvalue weighted by Crippen LogP contribution is -2.44. The summed E-state index contributed by atoms with van der Waals surface area (Å²) in [7, 11) is 0.974. The van der Waals surface area contributed by atoms with Crippen molar-refractivity contribution in [2.24, 2.45) is 5.92 Å². The Morgan fingerprint density at radius 2 is 1.07 bits per heavy atom. The van der Waals surface area contributed by atoms with Crippen LogP contribution >= 0.6 is 0 Å². The van der Waals surface area contributed by atoms with E-state index in [0.29, 0.717) is 11.8 Å². The van der Waals surface area contributed by atoms with E-state index in [0.717, 1.165) is 12.5 Å². The fraction of sp³-hybridized carbons (Fsp3) is 0.150. The van der Waals surface area contributed by atoms with Gasteiger partial charge >= 0.3 is 9.12 Å². The highest BCUT2D eigenvalue weighted by molar-refractivity contribution is 6.73. The van der Waals surface area contributed by atoms with Crippen molar-refractivity contribution in [2.75, 3.05) is 21.1 Å². The Bertz CT molecular complexity index is 1640. The monoisotopic (exact) mass is 588 g/mol. The number of likely N-dealkylation sites (N-methyl/N-ethyl adjacent to an activating group) is 1. The molecule has 1 heterocycles. The summed E-state index contributed by atoms with van der Waals surface area (Å²) in [6.07, 6.45) is 10.4. The van der Waals surface area contributed by atoms with E-state index in [1.54, 1.807) is 0 Å². The number of para-hydroxylation sites is 5. The molecule has 2 aliphatic rings.